The van der Waals surface area contributed by atoms with Crippen molar-refractivity contribution in [3.05, 3.63) is 59.2 Å². The molecule has 0 saturated heterocycles. The lowest BCUT2D eigenvalue weighted by molar-refractivity contribution is -0.120. The van der Waals surface area contributed by atoms with Gasteiger partial charge in [-0.05, 0) is 42.7 Å². The SMILES string of the molecule is COc1cc(C)c(C(C)NC(C(N)=O)c2ccccc2)cc1OC. The van der Waals surface area contributed by atoms with Crippen LogP contribution >= 0.6 is 0 Å². The average molecular weight is 328 g/mol. The van der Waals surface area contributed by atoms with Crippen molar-refractivity contribution in [3.8, 4) is 11.5 Å². The Bertz CT molecular complexity index is 701. The van der Waals surface area contributed by atoms with E-state index in [1.54, 1.807) is 14.2 Å². The Morgan fingerprint density at radius 1 is 1.08 bits per heavy atom. The molecule has 2 unspecified atom stereocenters. The summed E-state index contributed by atoms with van der Waals surface area (Å²) < 4.78 is 10.7. The molecule has 0 heterocycles. The van der Waals surface area contributed by atoms with Crippen LogP contribution in [-0.2, 0) is 4.79 Å². The van der Waals surface area contributed by atoms with Gasteiger partial charge in [-0.3, -0.25) is 10.1 Å². The highest BCUT2D eigenvalue weighted by molar-refractivity contribution is 5.81. The van der Waals surface area contributed by atoms with Crippen molar-refractivity contribution in [3.63, 3.8) is 0 Å². The van der Waals surface area contributed by atoms with Crippen molar-refractivity contribution >= 4 is 5.91 Å². The highest BCUT2D eigenvalue weighted by atomic mass is 16.5. The van der Waals surface area contributed by atoms with Crippen LogP contribution in [0.2, 0.25) is 0 Å². The Labute approximate surface area is 142 Å². The van der Waals surface area contributed by atoms with E-state index >= 15 is 0 Å². The molecule has 1 amide bonds. The zero-order valence-electron chi connectivity index (χ0n) is 14.5. The second kappa shape index (κ2) is 7.84. The first kappa shape index (κ1) is 17.8. The summed E-state index contributed by atoms with van der Waals surface area (Å²) in [4.78, 5) is 11.9. The molecule has 2 rings (SSSR count). The minimum atomic E-state index is -0.561. The number of methoxy groups -OCH3 is 2. The molecule has 2 aromatic carbocycles. The minimum absolute atomic E-state index is 0.0949. The van der Waals surface area contributed by atoms with E-state index in [4.69, 9.17) is 15.2 Å². The molecule has 0 aliphatic heterocycles. The molecule has 0 radical (unpaired) electrons. The fourth-order valence-electron chi connectivity index (χ4n) is 2.79. The molecule has 0 aromatic heterocycles. The van der Waals surface area contributed by atoms with Crippen LogP contribution < -0.4 is 20.5 Å². The van der Waals surface area contributed by atoms with Crippen molar-refractivity contribution in [2.24, 2.45) is 5.73 Å². The number of nitrogens with two attached hydrogens (primary N) is 1. The monoisotopic (exact) mass is 328 g/mol. The van der Waals surface area contributed by atoms with Gasteiger partial charge in [-0.15, -0.1) is 0 Å². The number of carbonyl (C=O) groups excluding carboxylic acids is 1. The number of hydrogen-bond acceptors (Lipinski definition) is 4. The Morgan fingerprint density at radius 2 is 1.67 bits per heavy atom. The van der Waals surface area contributed by atoms with Gasteiger partial charge in [0.15, 0.2) is 11.5 Å². The quantitative estimate of drug-likeness (QED) is 0.819. The molecular formula is C19H24N2O3. The topological polar surface area (TPSA) is 73.6 Å². The number of carbonyl (C=O) groups is 1. The van der Waals surface area contributed by atoms with Crippen molar-refractivity contribution in [2.75, 3.05) is 14.2 Å². The minimum Gasteiger partial charge on any atom is -0.493 e. The normalized spacial score (nSPS) is 13.2. The van der Waals surface area contributed by atoms with Crippen LogP contribution in [0.15, 0.2) is 42.5 Å². The zero-order chi connectivity index (χ0) is 17.7. The van der Waals surface area contributed by atoms with E-state index < -0.39 is 11.9 Å². The third-order valence-corrected chi connectivity index (χ3v) is 4.07. The summed E-state index contributed by atoms with van der Waals surface area (Å²) in [7, 11) is 3.21. The Kier molecular flexibility index (Phi) is 5.82. The molecule has 0 spiro atoms. The largest absolute Gasteiger partial charge is 0.493 e. The lowest BCUT2D eigenvalue weighted by Gasteiger charge is -2.24. The molecule has 0 bridgehead atoms. The zero-order valence-corrected chi connectivity index (χ0v) is 14.5. The van der Waals surface area contributed by atoms with Crippen molar-refractivity contribution < 1.29 is 14.3 Å². The van der Waals surface area contributed by atoms with Gasteiger partial charge in [-0.25, -0.2) is 0 Å². The molecule has 0 fully saturated rings. The number of amides is 1. The number of nitrogens with one attached hydrogen (secondary N) is 1. The van der Waals surface area contributed by atoms with E-state index in [-0.39, 0.29) is 6.04 Å². The van der Waals surface area contributed by atoms with E-state index in [2.05, 4.69) is 5.32 Å². The molecule has 0 saturated carbocycles. The van der Waals surface area contributed by atoms with Crippen LogP contribution in [-0.4, -0.2) is 20.1 Å². The average Bonchev–Trinajstić information content (AvgIpc) is 2.59. The fraction of sp³-hybridized carbons (Fsp3) is 0.316. The molecule has 128 valence electrons. The van der Waals surface area contributed by atoms with Crippen LogP contribution in [0.3, 0.4) is 0 Å². The predicted octanol–water partition coefficient (Wildman–Crippen LogP) is 2.89. The van der Waals surface area contributed by atoms with Gasteiger partial charge in [0.1, 0.15) is 6.04 Å². The molecule has 5 heteroatoms. The lowest BCUT2D eigenvalue weighted by Crippen LogP contribution is -2.35. The number of ether oxygens (including phenoxy) is 2. The molecule has 24 heavy (non-hydrogen) atoms. The molecule has 0 aliphatic rings. The summed E-state index contributed by atoms with van der Waals surface area (Å²) in [6.07, 6.45) is 0. The summed E-state index contributed by atoms with van der Waals surface area (Å²) in [5.41, 5.74) is 8.50. The van der Waals surface area contributed by atoms with Gasteiger partial charge in [0.2, 0.25) is 5.91 Å². The number of hydrogen-bond donors (Lipinski definition) is 2. The summed E-state index contributed by atoms with van der Waals surface area (Å²) in [5.74, 6) is 0.925. The van der Waals surface area contributed by atoms with Gasteiger partial charge in [-0.1, -0.05) is 30.3 Å². The molecule has 2 aromatic rings. The van der Waals surface area contributed by atoms with Crippen LogP contribution in [0.25, 0.3) is 0 Å². The molecule has 3 N–H and O–H groups in total. The highest BCUT2D eigenvalue weighted by Crippen LogP contribution is 2.33. The maximum Gasteiger partial charge on any atom is 0.239 e. The maximum atomic E-state index is 11.9. The van der Waals surface area contributed by atoms with Crippen LogP contribution in [0.1, 0.15) is 35.7 Å². The van der Waals surface area contributed by atoms with Crippen molar-refractivity contribution in [1.29, 1.82) is 0 Å². The van der Waals surface area contributed by atoms with E-state index in [1.807, 2.05) is 56.3 Å². The van der Waals surface area contributed by atoms with Crippen LogP contribution in [0.4, 0.5) is 0 Å². The second-order valence-electron chi connectivity index (χ2n) is 5.70. The van der Waals surface area contributed by atoms with Gasteiger partial charge in [0.05, 0.1) is 14.2 Å². The first-order valence-corrected chi connectivity index (χ1v) is 7.80. The predicted molar refractivity (Wildman–Crippen MR) is 94.2 cm³/mol. The first-order valence-electron chi connectivity index (χ1n) is 7.80. The standard InChI is InChI=1S/C19H24N2O3/c1-12-10-16(23-3)17(24-4)11-15(12)13(2)21-18(19(20)22)14-8-6-5-7-9-14/h5-11,13,18,21H,1-4H3,(H2,20,22). The molecular weight excluding hydrogens is 304 g/mol. The van der Waals surface area contributed by atoms with E-state index in [0.717, 1.165) is 16.7 Å². The van der Waals surface area contributed by atoms with Gasteiger partial charge in [0, 0.05) is 6.04 Å². The van der Waals surface area contributed by atoms with Crippen molar-refractivity contribution in [1.82, 2.24) is 5.32 Å². The summed E-state index contributed by atoms with van der Waals surface area (Å²) in [6, 6.07) is 12.6. The van der Waals surface area contributed by atoms with Gasteiger partial charge >= 0.3 is 0 Å². The fourth-order valence-corrected chi connectivity index (χ4v) is 2.79. The van der Waals surface area contributed by atoms with Crippen molar-refractivity contribution in [2.45, 2.75) is 25.9 Å². The maximum absolute atomic E-state index is 11.9. The summed E-state index contributed by atoms with van der Waals surface area (Å²) in [5, 5.41) is 3.31. The highest BCUT2D eigenvalue weighted by Gasteiger charge is 2.22. The molecule has 5 nitrogen and oxygen atoms in total. The molecule has 2 atom stereocenters. The Balaban J connectivity index is 2.31. The Hall–Kier alpha value is -2.53. The van der Waals surface area contributed by atoms with Gasteiger partial charge in [0.25, 0.3) is 0 Å². The van der Waals surface area contributed by atoms with E-state index in [1.165, 1.54) is 0 Å². The van der Waals surface area contributed by atoms with Crippen LogP contribution in [0, 0.1) is 6.92 Å². The van der Waals surface area contributed by atoms with Gasteiger partial charge < -0.3 is 15.2 Å². The lowest BCUT2D eigenvalue weighted by atomic mass is 9.99. The summed E-state index contributed by atoms with van der Waals surface area (Å²) in [6.45, 7) is 3.99. The summed E-state index contributed by atoms with van der Waals surface area (Å²) >= 11 is 0. The first-order chi connectivity index (χ1) is 11.5. The third-order valence-electron chi connectivity index (χ3n) is 4.07. The van der Waals surface area contributed by atoms with E-state index in [9.17, 15) is 4.79 Å². The number of primary amides is 1. The smallest absolute Gasteiger partial charge is 0.239 e. The molecule has 0 aliphatic carbocycles. The Morgan fingerprint density at radius 3 is 2.21 bits per heavy atom. The number of rotatable bonds is 7. The second-order valence-corrected chi connectivity index (χ2v) is 5.70. The van der Waals surface area contributed by atoms with Gasteiger partial charge in [-0.2, -0.15) is 0 Å². The number of benzene rings is 2. The number of aryl methyl sites for hydroxylation is 1. The van der Waals surface area contributed by atoms with E-state index in [0.29, 0.717) is 11.5 Å². The van der Waals surface area contributed by atoms with Crippen LogP contribution in [0.5, 0.6) is 11.5 Å². The third kappa shape index (κ3) is 3.86.